The minimum absolute atomic E-state index is 0.210. The summed E-state index contributed by atoms with van der Waals surface area (Å²) in [6, 6.07) is 7.83. The Bertz CT molecular complexity index is 542. The summed E-state index contributed by atoms with van der Waals surface area (Å²) in [5.41, 5.74) is 8.83. The van der Waals surface area contributed by atoms with Crippen LogP contribution in [-0.2, 0) is 5.75 Å². The van der Waals surface area contributed by atoms with E-state index in [2.05, 4.69) is 4.98 Å². The lowest BCUT2D eigenvalue weighted by Crippen LogP contribution is -2.15. The van der Waals surface area contributed by atoms with Gasteiger partial charge in [-0.25, -0.2) is 0 Å². The Morgan fingerprint density at radius 3 is 2.83 bits per heavy atom. The molecule has 3 N–H and O–H groups in total. The van der Waals surface area contributed by atoms with Crippen LogP contribution < -0.4 is 5.73 Å². The molecule has 0 saturated carbocycles. The quantitative estimate of drug-likeness (QED) is 0.832. The zero-order valence-electron chi connectivity index (χ0n) is 10.6. The topological polar surface area (TPSA) is 59.1 Å². The highest BCUT2D eigenvalue weighted by molar-refractivity contribution is 7.99. The van der Waals surface area contributed by atoms with Gasteiger partial charge in [-0.3, -0.25) is 4.98 Å². The number of nitrogens with two attached hydrogens (primary N) is 1. The molecule has 0 aliphatic carbocycles. The van der Waals surface area contributed by atoms with E-state index < -0.39 is 0 Å². The Hall–Kier alpha value is -1.26. The van der Waals surface area contributed by atoms with Gasteiger partial charge in [0.2, 0.25) is 0 Å². The number of pyridine rings is 1. The Balaban J connectivity index is 2.26. The van der Waals surface area contributed by atoms with Gasteiger partial charge in [-0.15, -0.1) is 0 Å². The number of hydrogen-bond donors (Lipinski definition) is 2. The van der Waals surface area contributed by atoms with Gasteiger partial charge < -0.3 is 10.8 Å². The first kappa shape index (κ1) is 13.2. The van der Waals surface area contributed by atoms with Crippen molar-refractivity contribution in [3.05, 3.63) is 36.0 Å². The number of benzene rings is 1. The van der Waals surface area contributed by atoms with Gasteiger partial charge in [-0.2, -0.15) is 11.8 Å². The molecule has 0 spiro atoms. The van der Waals surface area contributed by atoms with E-state index in [1.165, 1.54) is 0 Å². The molecule has 2 rings (SSSR count). The summed E-state index contributed by atoms with van der Waals surface area (Å²) in [7, 11) is 0. The molecule has 1 aromatic carbocycles. The van der Waals surface area contributed by atoms with Crippen molar-refractivity contribution < 1.29 is 5.11 Å². The lowest BCUT2D eigenvalue weighted by Gasteiger charge is -2.14. The van der Waals surface area contributed by atoms with Crippen molar-refractivity contribution in [2.75, 3.05) is 5.73 Å². The highest BCUT2D eigenvalue weighted by Crippen LogP contribution is 2.27. The molecule has 0 bridgehead atoms. The van der Waals surface area contributed by atoms with Gasteiger partial charge >= 0.3 is 0 Å². The van der Waals surface area contributed by atoms with Crippen LogP contribution in [0.25, 0.3) is 10.9 Å². The molecule has 0 fully saturated rings. The van der Waals surface area contributed by atoms with E-state index in [9.17, 15) is 5.11 Å². The molecule has 0 radical (unpaired) electrons. The predicted octanol–water partition coefficient (Wildman–Crippen LogP) is 2.82. The summed E-state index contributed by atoms with van der Waals surface area (Å²) in [5, 5.41) is 10.7. The van der Waals surface area contributed by atoms with Crippen LogP contribution in [0.4, 0.5) is 5.69 Å². The van der Waals surface area contributed by atoms with Crippen LogP contribution in [0, 0.1) is 0 Å². The van der Waals surface area contributed by atoms with Crippen LogP contribution in [0.2, 0.25) is 0 Å². The first-order valence-corrected chi connectivity index (χ1v) is 7.06. The second kappa shape index (κ2) is 5.59. The minimum atomic E-state index is -0.303. The maximum absolute atomic E-state index is 9.50. The number of thioether (sulfide) groups is 1. The molecule has 3 nitrogen and oxygen atoms in total. The fourth-order valence-electron chi connectivity index (χ4n) is 1.73. The number of aliphatic hydroxyl groups is 1. The van der Waals surface area contributed by atoms with Crippen LogP contribution >= 0.6 is 11.8 Å². The summed E-state index contributed by atoms with van der Waals surface area (Å²) in [6.07, 6.45) is 1.48. The number of fused-ring (bicyclic) bond motifs is 1. The third-order valence-electron chi connectivity index (χ3n) is 3.07. The maximum atomic E-state index is 9.50. The fourth-order valence-corrected chi connectivity index (χ4v) is 2.68. The van der Waals surface area contributed by atoms with Gasteiger partial charge in [-0.05, 0) is 30.7 Å². The predicted molar refractivity (Wildman–Crippen MR) is 78.6 cm³/mol. The Morgan fingerprint density at radius 2 is 2.11 bits per heavy atom. The molecule has 0 aliphatic heterocycles. The third-order valence-corrected chi connectivity index (χ3v) is 4.47. The normalized spacial score (nSPS) is 14.6. The third kappa shape index (κ3) is 2.76. The lowest BCUT2D eigenvalue weighted by molar-refractivity contribution is 0.196. The molecule has 1 aromatic heterocycles. The summed E-state index contributed by atoms with van der Waals surface area (Å²) >= 11 is 1.73. The van der Waals surface area contributed by atoms with E-state index in [-0.39, 0.29) is 11.4 Å². The molecule has 96 valence electrons. The van der Waals surface area contributed by atoms with Gasteiger partial charge in [0.05, 0.1) is 11.6 Å². The summed E-state index contributed by atoms with van der Waals surface area (Å²) in [6.45, 7) is 3.85. The highest BCUT2D eigenvalue weighted by Gasteiger charge is 2.11. The monoisotopic (exact) mass is 262 g/mol. The zero-order chi connectivity index (χ0) is 13.1. The molecule has 0 amide bonds. The molecular weight excluding hydrogens is 244 g/mol. The number of nitrogen functional groups attached to an aromatic ring is 1. The van der Waals surface area contributed by atoms with E-state index in [1.807, 2.05) is 38.1 Å². The Morgan fingerprint density at radius 1 is 1.33 bits per heavy atom. The molecule has 2 atom stereocenters. The van der Waals surface area contributed by atoms with Crippen molar-refractivity contribution in [1.29, 1.82) is 0 Å². The SMILES string of the molecule is CC(O)C(C)SCc1ccc(N)c2cccnc12. The van der Waals surface area contributed by atoms with Crippen molar-refractivity contribution in [3.63, 3.8) is 0 Å². The first-order valence-electron chi connectivity index (χ1n) is 6.01. The lowest BCUT2D eigenvalue weighted by atomic mass is 10.1. The van der Waals surface area contributed by atoms with E-state index in [4.69, 9.17) is 5.73 Å². The maximum Gasteiger partial charge on any atom is 0.0763 e. The van der Waals surface area contributed by atoms with E-state index in [1.54, 1.807) is 18.0 Å². The van der Waals surface area contributed by atoms with Crippen molar-refractivity contribution in [3.8, 4) is 0 Å². The van der Waals surface area contributed by atoms with Crippen molar-refractivity contribution in [1.82, 2.24) is 4.98 Å². The fraction of sp³-hybridized carbons (Fsp3) is 0.357. The number of aromatic nitrogens is 1. The van der Waals surface area contributed by atoms with E-state index in [0.29, 0.717) is 0 Å². The summed E-state index contributed by atoms with van der Waals surface area (Å²) < 4.78 is 0. The van der Waals surface area contributed by atoms with Gasteiger partial charge in [0.25, 0.3) is 0 Å². The first-order chi connectivity index (χ1) is 8.59. The Kier molecular flexibility index (Phi) is 4.09. The van der Waals surface area contributed by atoms with Crippen LogP contribution in [0.5, 0.6) is 0 Å². The number of rotatable bonds is 4. The molecule has 2 unspecified atom stereocenters. The smallest absolute Gasteiger partial charge is 0.0763 e. The molecule has 0 saturated heterocycles. The van der Waals surface area contributed by atoms with Gasteiger partial charge in [0, 0.05) is 28.3 Å². The van der Waals surface area contributed by atoms with Gasteiger partial charge in [0.15, 0.2) is 0 Å². The number of hydrogen-bond acceptors (Lipinski definition) is 4. The van der Waals surface area contributed by atoms with Crippen LogP contribution in [0.1, 0.15) is 19.4 Å². The zero-order valence-corrected chi connectivity index (χ0v) is 11.4. The molecular formula is C14H18N2OS. The number of anilines is 1. The van der Waals surface area contributed by atoms with Crippen LogP contribution in [-0.4, -0.2) is 21.4 Å². The molecule has 1 heterocycles. The van der Waals surface area contributed by atoms with Crippen molar-refractivity contribution in [2.45, 2.75) is 31.0 Å². The molecule has 18 heavy (non-hydrogen) atoms. The van der Waals surface area contributed by atoms with Gasteiger partial charge in [-0.1, -0.05) is 13.0 Å². The molecule has 0 aliphatic rings. The molecule has 2 aromatic rings. The average molecular weight is 262 g/mol. The second-order valence-corrected chi connectivity index (χ2v) is 5.84. The van der Waals surface area contributed by atoms with Crippen LogP contribution in [0.15, 0.2) is 30.5 Å². The molecule has 4 heteroatoms. The average Bonchev–Trinajstić information content (AvgIpc) is 2.38. The highest BCUT2D eigenvalue weighted by atomic mass is 32.2. The van der Waals surface area contributed by atoms with E-state index in [0.717, 1.165) is 27.9 Å². The van der Waals surface area contributed by atoms with Gasteiger partial charge in [0.1, 0.15) is 0 Å². The van der Waals surface area contributed by atoms with Crippen LogP contribution in [0.3, 0.4) is 0 Å². The number of nitrogens with zero attached hydrogens (tertiary/aromatic N) is 1. The Labute approximate surface area is 111 Å². The summed E-state index contributed by atoms with van der Waals surface area (Å²) in [4.78, 5) is 4.41. The van der Waals surface area contributed by atoms with E-state index >= 15 is 0 Å². The minimum Gasteiger partial charge on any atom is -0.398 e. The van der Waals surface area contributed by atoms with Crippen molar-refractivity contribution in [2.24, 2.45) is 0 Å². The second-order valence-electron chi connectivity index (χ2n) is 4.47. The number of aliphatic hydroxyl groups excluding tert-OH is 1. The summed E-state index contributed by atoms with van der Waals surface area (Å²) in [5.74, 6) is 0.833. The largest absolute Gasteiger partial charge is 0.398 e. The van der Waals surface area contributed by atoms with Crippen molar-refractivity contribution >= 4 is 28.4 Å². The standard InChI is InChI=1S/C14H18N2OS/c1-9(17)10(2)18-8-11-5-6-13(15)12-4-3-7-16-14(11)12/h3-7,9-10,17H,8,15H2,1-2H3.